The number of hydrogen-bond acceptors (Lipinski definition) is 4. The number of carboxylic acids is 1. The minimum atomic E-state index is -0.753. The van der Waals surface area contributed by atoms with Gasteiger partial charge < -0.3 is 9.84 Å². The second kappa shape index (κ2) is 5.80. The highest BCUT2D eigenvalue weighted by Gasteiger charge is 2.31. The summed E-state index contributed by atoms with van der Waals surface area (Å²) >= 11 is 1.63. The molecule has 1 aromatic rings. The van der Waals surface area contributed by atoms with Crippen molar-refractivity contribution in [1.82, 2.24) is 4.98 Å². The summed E-state index contributed by atoms with van der Waals surface area (Å²) in [6.45, 7) is 4.69. The maximum Gasteiger partial charge on any atom is 0.312 e. The molecular formula is C13H19NO3S. The predicted octanol–water partition coefficient (Wildman–Crippen LogP) is 3.14. The van der Waals surface area contributed by atoms with Gasteiger partial charge in [-0.3, -0.25) is 4.79 Å². The minimum absolute atomic E-state index is 0.0139. The van der Waals surface area contributed by atoms with E-state index in [4.69, 9.17) is 4.74 Å². The van der Waals surface area contributed by atoms with Crippen LogP contribution in [0, 0.1) is 0 Å². The summed E-state index contributed by atoms with van der Waals surface area (Å²) in [4.78, 5) is 16.9. The number of ether oxygens (including phenoxy) is 1. The molecule has 1 aliphatic rings. The van der Waals surface area contributed by atoms with Crippen molar-refractivity contribution >= 4 is 17.3 Å². The molecule has 4 nitrogen and oxygen atoms in total. The van der Waals surface area contributed by atoms with Gasteiger partial charge in [-0.2, -0.15) is 0 Å². The highest BCUT2D eigenvalue weighted by atomic mass is 32.1. The van der Waals surface area contributed by atoms with E-state index in [-0.39, 0.29) is 6.10 Å². The van der Waals surface area contributed by atoms with Crippen LogP contribution >= 0.6 is 11.3 Å². The van der Waals surface area contributed by atoms with E-state index >= 15 is 0 Å². The quantitative estimate of drug-likeness (QED) is 0.892. The third kappa shape index (κ3) is 2.57. The first kappa shape index (κ1) is 13.5. The molecule has 5 heteroatoms. The van der Waals surface area contributed by atoms with Gasteiger partial charge in [-0.15, -0.1) is 11.3 Å². The number of hydrogen-bond donors (Lipinski definition) is 1. The number of nitrogens with zero attached hydrogens (tertiary/aromatic N) is 1. The van der Waals surface area contributed by atoms with Crippen molar-refractivity contribution in [3.63, 3.8) is 0 Å². The zero-order valence-electron chi connectivity index (χ0n) is 10.8. The normalized spacial score (nSPS) is 20.4. The van der Waals surface area contributed by atoms with E-state index < -0.39 is 11.9 Å². The molecule has 18 heavy (non-hydrogen) atoms. The average Bonchev–Trinajstić information content (AvgIpc) is 2.78. The van der Waals surface area contributed by atoms with E-state index in [1.807, 2.05) is 6.92 Å². The van der Waals surface area contributed by atoms with Gasteiger partial charge in [0.15, 0.2) is 0 Å². The number of thiazole rings is 1. The maximum atomic E-state index is 11.2. The summed E-state index contributed by atoms with van der Waals surface area (Å²) in [6, 6.07) is 0. The molecule has 100 valence electrons. The van der Waals surface area contributed by atoms with Gasteiger partial charge in [0.2, 0.25) is 0 Å². The van der Waals surface area contributed by atoms with Gasteiger partial charge in [-0.05, 0) is 32.6 Å². The van der Waals surface area contributed by atoms with Crippen molar-refractivity contribution in [2.24, 2.45) is 0 Å². The Balaban J connectivity index is 2.28. The Kier molecular flexibility index (Phi) is 4.35. The molecule has 2 atom stereocenters. The highest BCUT2D eigenvalue weighted by molar-refractivity contribution is 7.11. The topological polar surface area (TPSA) is 59.4 Å². The standard InChI is InChI=1S/C13H19NO3S/c1-3-9(17-4-2)12-14-11-8(13(15)16)6-5-7-10(11)18-12/h8-9H,3-7H2,1-2H3,(H,15,16). The third-order valence-corrected chi connectivity index (χ3v) is 4.51. The van der Waals surface area contributed by atoms with E-state index in [0.29, 0.717) is 13.0 Å². The van der Waals surface area contributed by atoms with Crippen LogP contribution < -0.4 is 0 Å². The van der Waals surface area contributed by atoms with Crippen molar-refractivity contribution in [1.29, 1.82) is 0 Å². The molecule has 0 radical (unpaired) electrons. The zero-order valence-corrected chi connectivity index (χ0v) is 11.6. The van der Waals surface area contributed by atoms with E-state index in [1.54, 1.807) is 11.3 Å². The lowest BCUT2D eigenvalue weighted by molar-refractivity contribution is -0.139. The number of aromatic nitrogens is 1. The molecule has 0 saturated heterocycles. The van der Waals surface area contributed by atoms with Crippen LogP contribution in [0.5, 0.6) is 0 Å². The fraction of sp³-hybridized carbons (Fsp3) is 0.692. The van der Waals surface area contributed by atoms with E-state index in [0.717, 1.165) is 34.8 Å². The number of aliphatic carboxylic acids is 1. The Hall–Kier alpha value is -0.940. The van der Waals surface area contributed by atoms with E-state index in [9.17, 15) is 9.90 Å². The average molecular weight is 269 g/mol. The Morgan fingerprint density at radius 3 is 3.00 bits per heavy atom. The first-order valence-corrected chi connectivity index (χ1v) is 7.32. The van der Waals surface area contributed by atoms with Crippen LogP contribution in [0.1, 0.15) is 60.7 Å². The molecule has 1 heterocycles. The number of carbonyl (C=O) groups is 1. The highest BCUT2D eigenvalue weighted by Crippen LogP contribution is 2.37. The van der Waals surface area contributed by atoms with Gasteiger partial charge in [0.1, 0.15) is 11.1 Å². The van der Waals surface area contributed by atoms with Crippen LogP contribution in [0.25, 0.3) is 0 Å². The molecule has 0 aliphatic heterocycles. The molecule has 0 amide bonds. The van der Waals surface area contributed by atoms with Crippen LogP contribution in [-0.2, 0) is 16.0 Å². The van der Waals surface area contributed by atoms with Gasteiger partial charge in [0, 0.05) is 11.5 Å². The van der Waals surface area contributed by atoms with Crippen molar-refractivity contribution in [2.45, 2.75) is 51.6 Å². The van der Waals surface area contributed by atoms with E-state index in [1.165, 1.54) is 0 Å². The Bertz CT molecular complexity index is 430. The summed E-state index contributed by atoms with van der Waals surface area (Å²) in [7, 11) is 0. The predicted molar refractivity (Wildman–Crippen MR) is 70.1 cm³/mol. The van der Waals surface area contributed by atoms with Crippen molar-refractivity contribution < 1.29 is 14.6 Å². The molecule has 0 spiro atoms. The number of aryl methyl sites for hydroxylation is 1. The molecule has 1 N–H and O–H groups in total. The van der Waals surface area contributed by atoms with Crippen molar-refractivity contribution in [3.05, 3.63) is 15.6 Å². The van der Waals surface area contributed by atoms with Gasteiger partial charge >= 0.3 is 5.97 Å². The van der Waals surface area contributed by atoms with Crippen LogP contribution in [0.3, 0.4) is 0 Å². The van der Waals surface area contributed by atoms with Crippen LogP contribution in [-0.4, -0.2) is 22.7 Å². The number of rotatable bonds is 5. The fourth-order valence-electron chi connectivity index (χ4n) is 2.38. The molecule has 0 saturated carbocycles. The number of carboxylic acid groups (broad SMARTS) is 1. The Labute approximate surface area is 111 Å². The van der Waals surface area contributed by atoms with E-state index in [2.05, 4.69) is 11.9 Å². The Morgan fingerprint density at radius 2 is 2.39 bits per heavy atom. The summed E-state index contributed by atoms with van der Waals surface area (Å²) in [5.41, 5.74) is 0.784. The first-order valence-electron chi connectivity index (χ1n) is 6.51. The summed E-state index contributed by atoms with van der Waals surface area (Å²) in [5.74, 6) is -1.17. The molecular weight excluding hydrogens is 250 g/mol. The molecule has 2 unspecified atom stereocenters. The molecule has 0 aromatic carbocycles. The minimum Gasteiger partial charge on any atom is -0.481 e. The van der Waals surface area contributed by atoms with Crippen molar-refractivity contribution in [2.75, 3.05) is 6.61 Å². The van der Waals surface area contributed by atoms with Gasteiger partial charge in [-0.1, -0.05) is 6.92 Å². The van der Waals surface area contributed by atoms with Gasteiger partial charge in [-0.25, -0.2) is 4.98 Å². The molecule has 1 aliphatic carbocycles. The lowest BCUT2D eigenvalue weighted by Crippen LogP contribution is -2.17. The first-order chi connectivity index (χ1) is 8.67. The monoisotopic (exact) mass is 269 g/mol. The second-order valence-corrected chi connectivity index (χ2v) is 5.61. The number of fused-ring (bicyclic) bond motifs is 1. The fourth-order valence-corrected chi connectivity index (χ4v) is 3.68. The molecule has 0 bridgehead atoms. The van der Waals surface area contributed by atoms with Gasteiger partial charge in [0.25, 0.3) is 0 Å². The van der Waals surface area contributed by atoms with Crippen LogP contribution in [0.2, 0.25) is 0 Å². The summed E-state index contributed by atoms with van der Waals surface area (Å²) in [6.07, 6.45) is 3.49. The zero-order chi connectivity index (χ0) is 13.1. The van der Waals surface area contributed by atoms with Crippen LogP contribution in [0.4, 0.5) is 0 Å². The van der Waals surface area contributed by atoms with Crippen LogP contribution in [0.15, 0.2) is 0 Å². The Morgan fingerprint density at radius 1 is 1.61 bits per heavy atom. The molecule has 2 rings (SSSR count). The largest absolute Gasteiger partial charge is 0.481 e. The molecule has 1 aromatic heterocycles. The lowest BCUT2D eigenvalue weighted by Gasteiger charge is -2.16. The lowest BCUT2D eigenvalue weighted by atomic mass is 9.91. The second-order valence-electron chi connectivity index (χ2n) is 4.50. The third-order valence-electron chi connectivity index (χ3n) is 3.28. The smallest absolute Gasteiger partial charge is 0.312 e. The summed E-state index contributed by atoms with van der Waals surface area (Å²) in [5, 5.41) is 10.2. The van der Waals surface area contributed by atoms with Crippen molar-refractivity contribution in [3.8, 4) is 0 Å². The van der Waals surface area contributed by atoms with Gasteiger partial charge in [0.05, 0.1) is 11.6 Å². The molecule has 0 fully saturated rings. The maximum absolute atomic E-state index is 11.2. The summed E-state index contributed by atoms with van der Waals surface area (Å²) < 4.78 is 5.65. The SMILES string of the molecule is CCOC(CC)c1nc2c(s1)CCCC2C(=O)O.